The molecule has 2 aliphatic rings. The van der Waals surface area contributed by atoms with Gasteiger partial charge in [0, 0.05) is 41.3 Å². The number of nitrogens with zero attached hydrogens (tertiary/aromatic N) is 4. The van der Waals surface area contributed by atoms with Crippen LogP contribution in [0.3, 0.4) is 0 Å². The molecule has 32 heavy (non-hydrogen) atoms. The van der Waals surface area contributed by atoms with Gasteiger partial charge in [-0.05, 0) is 49.8 Å². The first-order valence-electron chi connectivity index (χ1n) is 11.3. The maximum Gasteiger partial charge on any atom is 0.246 e. The molecule has 0 aliphatic carbocycles. The predicted molar refractivity (Wildman–Crippen MR) is 131 cm³/mol. The van der Waals surface area contributed by atoms with E-state index in [4.69, 9.17) is 4.98 Å². The van der Waals surface area contributed by atoms with Crippen LogP contribution in [0, 0.1) is 12.8 Å². The van der Waals surface area contributed by atoms with Crippen LogP contribution in [0.2, 0.25) is 0 Å². The first kappa shape index (κ1) is 20.9. The quantitative estimate of drug-likeness (QED) is 0.505. The zero-order valence-corrected chi connectivity index (χ0v) is 19.7. The van der Waals surface area contributed by atoms with Crippen molar-refractivity contribution in [2.75, 3.05) is 5.32 Å². The Balaban J connectivity index is 1.59. The number of carbonyl (C=O) groups is 1. The molecule has 7 heteroatoms. The van der Waals surface area contributed by atoms with Crippen molar-refractivity contribution in [1.29, 1.82) is 0 Å². The number of amides is 1. The fraction of sp³-hybridized carbons (Fsp3) is 0.400. The van der Waals surface area contributed by atoms with Gasteiger partial charge in [0.2, 0.25) is 5.91 Å². The van der Waals surface area contributed by atoms with Gasteiger partial charge in [-0.2, -0.15) is 0 Å². The molecular formula is C25H29N5OS. The minimum atomic E-state index is 0.0311. The Morgan fingerprint density at radius 3 is 2.94 bits per heavy atom. The predicted octanol–water partition coefficient (Wildman–Crippen LogP) is 5.53. The summed E-state index contributed by atoms with van der Waals surface area (Å²) >= 11 is 1.63. The standard InChI is InChI=1S/C25H29N5OS/c1-5-23(31)30-18-6-7-19(30)11-17(10-18)24-20-8-9-29(14-15(2)3)21(20)12-22(27-24)28-25-26-13-16(4)32-25/h5,8-10,12-13,15,18-19H,1,6-7,11,14H2,2-4H3,(H,26,27,28). The molecule has 1 amide bonds. The fourth-order valence-corrected chi connectivity index (χ4v) is 5.70. The lowest BCUT2D eigenvalue weighted by Crippen LogP contribution is -2.42. The molecule has 2 bridgehead atoms. The van der Waals surface area contributed by atoms with Crippen molar-refractivity contribution >= 4 is 44.7 Å². The molecule has 2 atom stereocenters. The molecule has 0 spiro atoms. The van der Waals surface area contributed by atoms with Gasteiger partial charge in [-0.1, -0.05) is 26.5 Å². The van der Waals surface area contributed by atoms with E-state index in [1.54, 1.807) is 11.3 Å². The van der Waals surface area contributed by atoms with E-state index >= 15 is 0 Å². The number of aryl methyl sites for hydroxylation is 1. The lowest BCUT2D eigenvalue weighted by atomic mass is 9.96. The summed E-state index contributed by atoms with van der Waals surface area (Å²) in [7, 11) is 0. The number of carbonyl (C=O) groups excluding carboxylic acids is 1. The van der Waals surface area contributed by atoms with Gasteiger partial charge >= 0.3 is 0 Å². The van der Waals surface area contributed by atoms with Gasteiger partial charge in [-0.3, -0.25) is 4.79 Å². The molecule has 166 valence electrons. The molecule has 0 aromatic carbocycles. The molecule has 2 aliphatic heterocycles. The van der Waals surface area contributed by atoms with Crippen molar-refractivity contribution in [1.82, 2.24) is 19.4 Å². The smallest absolute Gasteiger partial charge is 0.246 e. The Hall–Kier alpha value is -2.93. The number of hydrogen-bond donors (Lipinski definition) is 1. The second-order valence-electron chi connectivity index (χ2n) is 9.20. The van der Waals surface area contributed by atoms with E-state index < -0.39 is 0 Å². The summed E-state index contributed by atoms with van der Waals surface area (Å²) in [6.45, 7) is 11.2. The van der Waals surface area contributed by atoms with Gasteiger partial charge in [-0.15, -0.1) is 11.3 Å². The lowest BCUT2D eigenvalue weighted by molar-refractivity contribution is -0.128. The molecular weight excluding hydrogens is 418 g/mol. The van der Waals surface area contributed by atoms with Gasteiger partial charge in [-0.25, -0.2) is 9.97 Å². The third-order valence-electron chi connectivity index (χ3n) is 6.31. The average molecular weight is 448 g/mol. The number of thiazole rings is 1. The molecule has 1 saturated heterocycles. The van der Waals surface area contributed by atoms with E-state index in [9.17, 15) is 4.79 Å². The third-order valence-corrected chi connectivity index (χ3v) is 7.14. The van der Waals surface area contributed by atoms with Crippen molar-refractivity contribution in [2.45, 2.75) is 58.7 Å². The van der Waals surface area contributed by atoms with Crippen LogP contribution >= 0.6 is 11.3 Å². The highest BCUT2D eigenvalue weighted by molar-refractivity contribution is 7.15. The molecule has 3 aromatic heterocycles. The lowest BCUT2D eigenvalue weighted by Gasteiger charge is -2.33. The van der Waals surface area contributed by atoms with E-state index in [-0.39, 0.29) is 18.0 Å². The summed E-state index contributed by atoms with van der Waals surface area (Å²) in [5.41, 5.74) is 3.43. The van der Waals surface area contributed by atoms with Crippen molar-refractivity contribution in [3.05, 3.63) is 53.8 Å². The first-order valence-corrected chi connectivity index (χ1v) is 12.1. The van der Waals surface area contributed by atoms with Crippen molar-refractivity contribution in [2.24, 2.45) is 5.92 Å². The summed E-state index contributed by atoms with van der Waals surface area (Å²) in [6, 6.07) is 4.66. The zero-order chi connectivity index (χ0) is 22.4. The summed E-state index contributed by atoms with van der Waals surface area (Å²) < 4.78 is 2.31. The summed E-state index contributed by atoms with van der Waals surface area (Å²) in [5, 5.41) is 5.44. The van der Waals surface area contributed by atoms with E-state index in [2.05, 4.69) is 66.6 Å². The molecule has 1 N–H and O–H groups in total. The largest absolute Gasteiger partial charge is 0.347 e. The molecule has 0 saturated carbocycles. The van der Waals surface area contributed by atoms with Gasteiger partial charge in [0.25, 0.3) is 0 Å². The van der Waals surface area contributed by atoms with Crippen molar-refractivity contribution in [3.63, 3.8) is 0 Å². The number of aromatic nitrogens is 3. The van der Waals surface area contributed by atoms with Crippen molar-refractivity contribution < 1.29 is 4.79 Å². The van der Waals surface area contributed by atoms with Gasteiger partial charge in [0.05, 0.1) is 17.3 Å². The first-order chi connectivity index (χ1) is 15.4. The van der Waals surface area contributed by atoms with Crippen LogP contribution < -0.4 is 5.32 Å². The van der Waals surface area contributed by atoms with Crippen LogP contribution in [0.25, 0.3) is 16.5 Å². The van der Waals surface area contributed by atoms with E-state index in [0.717, 1.165) is 47.3 Å². The third kappa shape index (κ3) is 3.75. The minimum absolute atomic E-state index is 0.0311. The van der Waals surface area contributed by atoms with Crippen LogP contribution in [0.5, 0.6) is 0 Å². The number of rotatable bonds is 6. The normalized spacial score (nSPS) is 20.1. The van der Waals surface area contributed by atoms with Crippen molar-refractivity contribution in [3.8, 4) is 0 Å². The summed E-state index contributed by atoms with van der Waals surface area (Å²) in [4.78, 5) is 25.1. The van der Waals surface area contributed by atoms with E-state index in [1.807, 2.05) is 11.1 Å². The SMILES string of the molecule is C=CC(=O)N1C2C=C(c3nc(Nc4ncc(C)s4)cc4c3ccn4CC(C)C)CC1CC2. The topological polar surface area (TPSA) is 63.1 Å². The Kier molecular flexibility index (Phi) is 5.37. The van der Waals surface area contributed by atoms with E-state index in [0.29, 0.717) is 5.92 Å². The fourth-order valence-electron chi connectivity index (χ4n) is 5.03. The van der Waals surface area contributed by atoms with E-state index in [1.165, 1.54) is 22.6 Å². The molecule has 3 aromatic rings. The van der Waals surface area contributed by atoms with Crippen LogP contribution in [0.15, 0.2) is 43.3 Å². The van der Waals surface area contributed by atoms with Gasteiger partial charge in [0.1, 0.15) is 5.82 Å². The molecule has 2 unspecified atom stereocenters. The molecule has 6 nitrogen and oxygen atoms in total. The average Bonchev–Trinajstić information content (AvgIpc) is 3.42. The summed E-state index contributed by atoms with van der Waals surface area (Å²) in [5.74, 6) is 1.38. The number of fused-ring (bicyclic) bond motifs is 3. The second kappa shape index (κ2) is 8.20. The number of nitrogens with one attached hydrogen (secondary N) is 1. The Bertz CT molecular complexity index is 1220. The Labute approximate surface area is 192 Å². The zero-order valence-electron chi connectivity index (χ0n) is 18.8. The number of pyridine rings is 1. The highest BCUT2D eigenvalue weighted by Gasteiger charge is 2.39. The maximum absolute atomic E-state index is 12.4. The Morgan fingerprint density at radius 1 is 1.41 bits per heavy atom. The monoisotopic (exact) mass is 447 g/mol. The second-order valence-corrected chi connectivity index (χ2v) is 10.4. The van der Waals surface area contributed by atoms with Gasteiger partial charge < -0.3 is 14.8 Å². The molecule has 5 heterocycles. The highest BCUT2D eigenvalue weighted by atomic mass is 32.1. The van der Waals surface area contributed by atoms with Crippen LogP contribution in [0.1, 0.15) is 43.7 Å². The minimum Gasteiger partial charge on any atom is -0.347 e. The summed E-state index contributed by atoms with van der Waals surface area (Å²) in [6.07, 6.45) is 10.6. The maximum atomic E-state index is 12.4. The molecule has 5 rings (SSSR count). The van der Waals surface area contributed by atoms with Gasteiger partial charge in [0.15, 0.2) is 5.13 Å². The van der Waals surface area contributed by atoms with Crippen LogP contribution in [-0.4, -0.2) is 37.4 Å². The number of anilines is 2. The molecule has 1 fully saturated rings. The molecule has 0 radical (unpaired) electrons. The van der Waals surface area contributed by atoms with Crippen LogP contribution in [0.4, 0.5) is 10.9 Å². The number of hydrogen-bond acceptors (Lipinski definition) is 5. The Morgan fingerprint density at radius 2 is 2.25 bits per heavy atom. The highest BCUT2D eigenvalue weighted by Crippen LogP contribution is 2.40. The van der Waals surface area contributed by atoms with Crippen LogP contribution in [-0.2, 0) is 11.3 Å².